The minimum atomic E-state index is -0.598. The number of rotatable bonds is 2. The summed E-state index contributed by atoms with van der Waals surface area (Å²) in [5.41, 5.74) is 4.29. The van der Waals surface area contributed by atoms with Crippen molar-refractivity contribution in [3.8, 4) is 11.1 Å². The van der Waals surface area contributed by atoms with Crippen LogP contribution >= 0.6 is 0 Å². The molecule has 0 aliphatic rings. The van der Waals surface area contributed by atoms with Crippen LogP contribution in [0.5, 0.6) is 0 Å². The maximum atomic E-state index is 14.1. The molecule has 0 spiro atoms. The lowest BCUT2D eigenvalue weighted by molar-refractivity contribution is 0.112. The molecule has 0 amide bonds. The lowest BCUT2D eigenvalue weighted by Crippen LogP contribution is -1.86. The summed E-state index contributed by atoms with van der Waals surface area (Å²) in [6, 6.07) is 13.0. The molecule has 0 bridgehead atoms. The van der Waals surface area contributed by atoms with Gasteiger partial charge >= 0.3 is 0 Å². The Bertz CT molecular complexity index is 1330. The number of benzene rings is 3. The van der Waals surface area contributed by atoms with E-state index in [4.69, 9.17) is 0 Å². The highest BCUT2D eigenvalue weighted by Crippen LogP contribution is 2.34. The van der Waals surface area contributed by atoms with Crippen molar-refractivity contribution in [2.45, 2.75) is 0 Å². The van der Waals surface area contributed by atoms with E-state index in [1.807, 2.05) is 24.3 Å². The van der Waals surface area contributed by atoms with Crippen molar-refractivity contribution in [1.29, 1.82) is 0 Å². The Morgan fingerprint density at radius 3 is 2.50 bits per heavy atom. The summed E-state index contributed by atoms with van der Waals surface area (Å²) >= 11 is 0. The molecule has 2 N–H and O–H groups in total. The fourth-order valence-corrected chi connectivity index (χ4v) is 3.57. The molecule has 0 fully saturated rings. The largest absolute Gasteiger partial charge is 0.359 e. The Labute approximate surface area is 146 Å². The van der Waals surface area contributed by atoms with Crippen molar-refractivity contribution < 1.29 is 13.6 Å². The van der Waals surface area contributed by atoms with Gasteiger partial charge in [0.05, 0.1) is 11.0 Å². The van der Waals surface area contributed by atoms with E-state index in [0.717, 1.165) is 45.1 Å². The van der Waals surface area contributed by atoms with Crippen LogP contribution < -0.4 is 0 Å². The van der Waals surface area contributed by atoms with Gasteiger partial charge in [0.25, 0.3) is 0 Å². The van der Waals surface area contributed by atoms with Gasteiger partial charge in [-0.3, -0.25) is 4.79 Å². The number of nitrogens with one attached hydrogen (secondary N) is 2. The van der Waals surface area contributed by atoms with Gasteiger partial charge < -0.3 is 9.97 Å². The summed E-state index contributed by atoms with van der Waals surface area (Å²) in [6.45, 7) is 0. The molecule has 3 nitrogen and oxygen atoms in total. The zero-order valence-electron chi connectivity index (χ0n) is 13.4. The molecule has 0 aliphatic heterocycles. The van der Waals surface area contributed by atoms with E-state index in [1.165, 1.54) is 12.1 Å². The van der Waals surface area contributed by atoms with Crippen LogP contribution in [-0.4, -0.2) is 16.3 Å². The van der Waals surface area contributed by atoms with Crippen LogP contribution in [0.15, 0.2) is 54.7 Å². The van der Waals surface area contributed by atoms with Crippen LogP contribution in [0.1, 0.15) is 10.4 Å². The molecule has 2 aromatic heterocycles. The average Bonchev–Trinajstić information content (AvgIpc) is 3.21. The monoisotopic (exact) mass is 346 g/mol. The molecule has 0 aliphatic carbocycles. The van der Waals surface area contributed by atoms with Crippen LogP contribution in [0.4, 0.5) is 8.78 Å². The Kier molecular flexibility index (Phi) is 3.00. The summed E-state index contributed by atoms with van der Waals surface area (Å²) < 4.78 is 27.3. The molecule has 0 saturated carbocycles. The number of carbonyl (C=O) groups is 1. The van der Waals surface area contributed by atoms with E-state index in [0.29, 0.717) is 16.7 Å². The third-order valence-corrected chi connectivity index (χ3v) is 4.83. The molecular formula is C21H12F2N2O. The molecule has 2 heterocycles. The lowest BCUT2D eigenvalue weighted by Gasteiger charge is -2.04. The molecule has 0 radical (unpaired) electrons. The Morgan fingerprint density at radius 2 is 1.69 bits per heavy atom. The molecule has 26 heavy (non-hydrogen) atoms. The number of carbonyl (C=O) groups excluding carboxylic acids is 1. The number of aromatic amines is 2. The first kappa shape index (κ1) is 14.8. The van der Waals surface area contributed by atoms with E-state index < -0.39 is 11.6 Å². The maximum Gasteiger partial charge on any atom is 0.152 e. The molecular weight excluding hydrogens is 334 g/mol. The van der Waals surface area contributed by atoms with Gasteiger partial charge in [0.1, 0.15) is 11.6 Å². The number of halogens is 2. The standard InChI is InChI=1S/C21H12F2N2O/c22-13-2-3-14(18(23)8-13)11-1-6-19-17(7-11)16-5-4-15-12(10-26)9-24-20(15)21(16)25-19/h1-10,24-25H. The molecule has 3 aromatic carbocycles. The molecule has 0 atom stereocenters. The minimum absolute atomic E-state index is 0.354. The van der Waals surface area contributed by atoms with Gasteiger partial charge in [0.2, 0.25) is 0 Å². The number of aldehydes is 1. The Balaban J connectivity index is 1.80. The minimum Gasteiger partial charge on any atom is -0.359 e. The van der Waals surface area contributed by atoms with Crippen molar-refractivity contribution in [2.24, 2.45) is 0 Å². The zero-order chi connectivity index (χ0) is 17.8. The van der Waals surface area contributed by atoms with Crippen molar-refractivity contribution in [3.05, 3.63) is 71.9 Å². The molecule has 126 valence electrons. The van der Waals surface area contributed by atoms with Crippen molar-refractivity contribution in [1.82, 2.24) is 9.97 Å². The summed E-state index contributed by atoms with van der Waals surface area (Å²) in [4.78, 5) is 17.7. The Morgan fingerprint density at radius 1 is 0.846 bits per heavy atom. The lowest BCUT2D eigenvalue weighted by atomic mass is 10.0. The van der Waals surface area contributed by atoms with E-state index in [2.05, 4.69) is 9.97 Å². The van der Waals surface area contributed by atoms with Crippen LogP contribution in [0, 0.1) is 11.6 Å². The fourth-order valence-electron chi connectivity index (χ4n) is 3.57. The van der Waals surface area contributed by atoms with Crippen LogP contribution in [-0.2, 0) is 0 Å². The number of hydrogen-bond acceptors (Lipinski definition) is 1. The predicted molar refractivity (Wildman–Crippen MR) is 98.4 cm³/mol. The average molecular weight is 346 g/mol. The van der Waals surface area contributed by atoms with Crippen molar-refractivity contribution in [3.63, 3.8) is 0 Å². The summed E-state index contributed by atoms with van der Waals surface area (Å²) in [7, 11) is 0. The number of H-pyrrole nitrogens is 2. The number of hydrogen-bond donors (Lipinski definition) is 2. The van der Waals surface area contributed by atoms with Crippen LogP contribution in [0.25, 0.3) is 43.8 Å². The van der Waals surface area contributed by atoms with Gasteiger partial charge in [-0.05, 0) is 29.8 Å². The first-order valence-corrected chi connectivity index (χ1v) is 8.12. The van der Waals surface area contributed by atoms with Crippen molar-refractivity contribution >= 4 is 39.0 Å². The number of fused-ring (bicyclic) bond motifs is 5. The molecule has 0 unspecified atom stereocenters. The highest BCUT2D eigenvalue weighted by Gasteiger charge is 2.13. The third-order valence-electron chi connectivity index (χ3n) is 4.83. The number of aromatic nitrogens is 2. The normalized spacial score (nSPS) is 11.6. The van der Waals surface area contributed by atoms with Gasteiger partial charge in [0.15, 0.2) is 6.29 Å². The summed E-state index contributed by atoms with van der Waals surface area (Å²) in [5, 5.41) is 2.76. The summed E-state index contributed by atoms with van der Waals surface area (Å²) in [5.74, 6) is -1.19. The first-order valence-electron chi connectivity index (χ1n) is 8.12. The quantitative estimate of drug-likeness (QED) is 0.404. The second-order valence-corrected chi connectivity index (χ2v) is 6.28. The fraction of sp³-hybridized carbons (Fsp3) is 0. The van der Waals surface area contributed by atoms with Gasteiger partial charge in [-0.15, -0.1) is 0 Å². The van der Waals surface area contributed by atoms with Crippen LogP contribution in [0.2, 0.25) is 0 Å². The Hall–Kier alpha value is -3.47. The second kappa shape index (κ2) is 5.26. The molecule has 5 aromatic rings. The topological polar surface area (TPSA) is 48.6 Å². The SMILES string of the molecule is O=Cc1c[nH]c2c1ccc1c3cc(-c4ccc(F)cc4F)ccc3[nH]c12. The smallest absolute Gasteiger partial charge is 0.152 e. The third kappa shape index (κ3) is 2.00. The maximum absolute atomic E-state index is 14.1. The van der Waals surface area contributed by atoms with E-state index in [9.17, 15) is 13.6 Å². The predicted octanol–water partition coefficient (Wildman–Crippen LogP) is 5.56. The van der Waals surface area contributed by atoms with Crippen LogP contribution in [0.3, 0.4) is 0 Å². The van der Waals surface area contributed by atoms with E-state index >= 15 is 0 Å². The first-order chi connectivity index (χ1) is 12.7. The highest BCUT2D eigenvalue weighted by atomic mass is 19.1. The zero-order valence-corrected chi connectivity index (χ0v) is 13.4. The van der Waals surface area contributed by atoms with Gasteiger partial charge in [-0.1, -0.05) is 18.2 Å². The summed E-state index contributed by atoms with van der Waals surface area (Å²) in [6.07, 6.45) is 2.50. The van der Waals surface area contributed by atoms with Gasteiger partial charge in [0, 0.05) is 45.1 Å². The second-order valence-electron chi connectivity index (χ2n) is 6.28. The van der Waals surface area contributed by atoms with E-state index in [1.54, 1.807) is 12.3 Å². The van der Waals surface area contributed by atoms with E-state index in [-0.39, 0.29) is 0 Å². The molecule has 5 rings (SSSR count). The highest BCUT2D eigenvalue weighted by molar-refractivity contribution is 6.18. The van der Waals surface area contributed by atoms with Gasteiger partial charge in [-0.2, -0.15) is 0 Å². The van der Waals surface area contributed by atoms with Crippen molar-refractivity contribution in [2.75, 3.05) is 0 Å². The molecule has 0 saturated heterocycles. The van der Waals surface area contributed by atoms with Gasteiger partial charge in [-0.25, -0.2) is 8.78 Å². The molecule has 5 heteroatoms.